The van der Waals surface area contributed by atoms with Gasteiger partial charge in [0, 0.05) is 32.3 Å². The molecule has 2 aliphatic rings. The van der Waals surface area contributed by atoms with Gasteiger partial charge in [-0.2, -0.15) is 0 Å². The molecule has 0 radical (unpaired) electrons. The largest absolute Gasteiger partial charge is 0.462 e. The molecule has 0 saturated carbocycles. The zero-order valence-corrected chi connectivity index (χ0v) is 32.3. The van der Waals surface area contributed by atoms with Crippen LogP contribution in [0.1, 0.15) is 107 Å². The van der Waals surface area contributed by atoms with E-state index in [4.69, 9.17) is 18.3 Å². The number of hydrogen-bond acceptors (Lipinski definition) is 6. The number of fused-ring (bicyclic) bond motifs is 2. The lowest BCUT2D eigenvalue weighted by Crippen LogP contribution is -2.57. The molecule has 5 atom stereocenters. The lowest BCUT2D eigenvalue weighted by atomic mass is 9.75. The minimum absolute atomic E-state index is 0.0315. The molecule has 0 spiro atoms. The molecule has 0 aromatic carbocycles. The van der Waals surface area contributed by atoms with Crippen LogP contribution in [0.2, 0.25) is 36.3 Å². The van der Waals surface area contributed by atoms with Crippen LogP contribution in [0.25, 0.3) is 0 Å². The van der Waals surface area contributed by atoms with Crippen LogP contribution < -0.4 is 0 Å². The molecule has 0 saturated heterocycles. The van der Waals surface area contributed by atoms with Gasteiger partial charge < -0.3 is 18.3 Å². The summed E-state index contributed by atoms with van der Waals surface area (Å²) in [6.07, 6.45) is 17.0. The van der Waals surface area contributed by atoms with Crippen LogP contribution >= 0.6 is 0 Å². The number of carbonyl (C=O) groups is 2. The van der Waals surface area contributed by atoms with Crippen molar-refractivity contribution in [1.82, 2.24) is 0 Å². The highest BCUT2D eigenvalue weighted by atomic mass is 28.4. The van der Waals surface area contributed by atoms with Gasteiger partial charge >= 0.3 is 11.9 Å². The summed E-state index contributed by atoms with van der Waals surface area (Å²) in [5.41, 5.74) is 0.0809. The van der Waals surface area contributed by atoms with E-state index in [0.29, 0.717) is 19.4 Å². The molecule has 252 valence electrons. The van der Waals surface area contributed by atoms with Crippen LogP contribution in [0.3, 0.4) is 0 Å². The van der Waals surface area contributed by atoms with Gasteiger partial charge in [0.05, 0.1) is 6.10 Å². The Labute approximate surface area is 271 Å². The molecule has 0 amide bonds. The zero-order chi connectivity index (χ0) is 33.6. The van der Waals surface area contributed by atoms with Crippen LogP contribution in [-0.2, 0) is 27.9 Å². The van der Waals surface area contributed by atoms with Gasteiger partial charge in [-0.25, -0.2) is 0 Å². The Balaban J connectivity index is 2.47. The Morgan fingerprint density at radius 3 is 2.11 bits per heavy atom. The second-order valence-corrected chi connectivity index (χ2v) is 25.5. The molecule has 0 aromatic heterocycles. The number of hydrogen-bond donors (Lipinski definition) is 0. The van der Waals surface area contributed by atoms with Crippen molar-refractivity contribution in [2.75, 3.05) is 6.61 Å². The highest BCUT2D eigenvalue weighted by molar-refractivity contribution is 6.74. The van der Waals surface area contributed by atoms with Crippen LogP contribution in [0, 0.1) is 11.8 Å². The third-order valence-electron chi connectivity index (χ3n) is 10.3. The Bertz CT molecular complexity index is 1060. The maximum atomic E-state index is 12.7. The SMILES string of the molecule is CCCCC/C=C\CC1=C[C@H]2C(O[Si](C)(C)C(C)(C)C)[C@]1(OC(C)=O)C=C[C@H]2[C@H](CCCO[Si](C)(C)C(C)(C)C)OC(C)=O. The third-order valence-corrected chi connectivity index (χ3v) is 19.3. The molecule has 0 heterocycles. The van der Waals surface area contributed by atoms with Crippen LogP contribution in [0.5, 0.6) is 0 Å². The lowest BCUT2D eigenvalue weighted by Gasteiger charge is -2.48. The summed E-state index contributed by atoms with van der Waals surface area (Å²) in [6.45, 7) is 28.3. The van der Waals surface area contributed by atoms with Gasteiger partial charge in [0.1, 0.15) is 6.10 Å². The monoisotopic (exact) mass is 648 g/mol. The van der Waals surface area contributed by atoms with Crippen molar-refractivity contribution in [1.29, 1.82) is 0 Å². The summed E-state index contributed by atoms with van der Waals surface area (Å²) in [5.74, 6) is -0.807. The zero-order valence-electron chi connectivity index (χ0n) is 30.3. The lowest BCUT2D eigenvalue weighted by molar-refractivity contribution is -0.161. The number of ether oxygens (including phenoxy) is 2. The normalized spacial score (nSPS) is 24.8. The summed E-state index contributed by atoms with van der Waals surface area (Å²) in [4.78, 5) is 25.1. The molecule has 8 heteroatoms. The summed E-state index contributed by atoms with van der Waals surface area (Å²) < 4.78 is 26.0. The van der Waals surface area contributed by atoms with Crippen molar-refractivity contribution in [3.63, 3.8) is 0 Å². The molecule has 2 rings (SSSR count). The van der Waals surface area contributed by atoms with Crippen molar-refractivity contribution < 1.29 is 27.9 Å². The van der Waals surface area contributed by atoms with Gasteiger partial charge in [0.25, 0.3) is 0 Å². The van der Waals surface area contributed by atoms with E-state index in [1.54, 1.807) is 0 Å². The Morgan fingerprint density at radius 2 is 1.57 bits per heavy atom. The number of unbranched alkanes of at least 4 members (excludes halogenated alkanes) is 3. The first-order chi connectivity index (χ1) is 20.2. The molecule has 44 heavy (non-hydrogen) atoms. The van der Waals surface area contributed by atoms with E-state index in [9.17, 15) is 9.59 Å². The van der Waals surface area contributed by atoms with Crippen molar-refractivity contribution >= 4 is 28.6 Å². The number of allylic oxidation sites excluding steroid dienone is 2. The number of rotatable bonds is 16. The predicted molar refractivity (Wildman–Crippen MR) is 187 cm³/mol. The molecular weight excluding hydrogens is 585 g/mol. The quantitative estimate of drug-likeness (QED) is 0.0718. The van der Waals surface area contributed by atoms with Crippen molar-refractivity contribution in [3.05, 3.63) is 36.0 Å². The van der Waals surface area contributed by atoms with E-state index in [2.05, 4.69) is 99.0 Å². The Hall–Kier alpha value is -1.49. The molecule has 6 nitrogen and oxygen atoms in total. The van der Waals surface area contributed by atoms with Crippen molar-refractivity contribution in [2.45, 2.75) is 161 Å². The maximum Gasteiger partial charge on any atom is 0.303 e. The maximum absolute atomic E-state index is 12.7. The van der Waals surface area contributed by atoms with Gasteiger partial charge in [-0.3, -0.25) is 9.59 Å². The van der Waals surface area contributed by atoms with Gasteiger partial charge in [0.15, 0.2) is 22.2 Å². The van der Waals surface area contributed by atoms with Gasteiger partial charge in [-0.1, -0.05) is 85.6 Å². The van der Waals surface area contributed by atoms with Gasteiger partial charge in [-0.05, 0) is 80.0 Å². The Kier molecular flexibility index (Phi) is 13.5. The summed E-state index contributed by atoms with van der Waals surface area (Å²) in [7, 11) is -4.16. The fourth-order valence-corrected chi connectivity index (χ4v) is 8.09. The molecule has 1 unspecified atom stereocenters. The first kappa shape index (κ1) is 38.7. The molecule has 0 aromatic rings. The summed E-state index contributed by atoms with van der Waals surface area (Å²) in [6, 6.07) is 0. The summed E-state index contributed by atoms with van der Waals surface area (Å²) >= 11 is 0. The molecule has 2 bridgehead atoms. The van der Waals surface area contributed by atoms with E-state index in [0.717, 1.165) is 18.4 Å². The van der Waals surface area contributed by atoms with Crippen molar-refractivity contribution in [3.8, 4) is 0 Å². The second-order valence-electron chi connectivity index (χ2n) is 16.0. The average molecular weight is 649 g/mol. The number of esters is 2. The number of carbonyl (C=O) groups excluding carboxylic acids is 2. The van der Waals surface area contributed by atoms with Crippen LogP contribution in [-0.4, -0.2) is 53.0 Å². The molecule has 0 aliphatic heterocycles. The Morgan fingerprint density at radius 1 is 0.932 bits per heavy atom. The van der Waals surface area contributed by atoms with Crippen LogP contribution in [0.15, 0.2) is 36.0 Å². The van der Waals surface area contributed by atoms with Gasteiger partial charge in [-0.15, -0.1) is 0 Å². The van der Waals surface area contributed by atoms with E-state index >= 15 is 0 Å². The smallest absolute Gasteiger partial charge is 0.303 e. The molecule has 0 N–H and O–H groups in total. The standard InChI is InChI=1S/C36H64O6Si2/c1-14-15-16-17-18-19-21-29-26-31-30(32(40-27(2)37)22-20-25-39-43(10,11)34(4,5)6)23-24-36(29,41-28(3)38)33(31)42-44(12,13)35(7,8)9/h18-19,23-24,26,30-33H,14-17,20-22,25H2,1-13H3/b19-18-/t30-,31-,32+,33?,36+/m1/s1. The van der Waals surface area contributed by atoms with E-state index in [-0.39, 0.29) is 46.1 Å². The first-order valence-corrected chi connectivity index (χ1v) is 22.7. The first-order valence-electron chi connectivity index (χ1n) is 16.9. The van der Waals surface area contributed by atoms with Gasteiger partial charge in [0.2, 0.25) is 0 Å². The van der Waals surface area contributed by atoms with E-state index < -0.39 is 22.2 Å². The third kappa shape index (κ3) is 9.76. The second kappa shape index (κ2) is 15.4. The van der Waals surface area contributed by atoms with E-state index in [1.165, 1.54) is 33.1 Å². The highest BCUT2D eigenvalue weighted by Crippen LogP contribution is 2.53. The predicted octanol–water partition coefficient (Wildman–Crippen LogP) is 9.68. The molecular formula is C36H64O6Si2. The average Bonchev–Trinajstić information content (AvgIpc) is 3.03. The van der Waals surface area contributed by atoms with Crippen LogP contribution in [0.4, 0.5) is 0 Å². The van der Waals surface area contributed by atoms with Crippen molar-refractivity contribution in [2.24, 2.45) is 11.8 Å². The molecule has 0 fully saturated rings. The fraction of sp³-hybridized carbons (Fsp3) is 0.778. The highest BCUT2D eigenvalue weighted by Gasteiger charge is 2.59. The summed E-state index contributed by atoms with van der Waals surface area (Å²) in [5, 5.41) is 0.106. The minimum atomic E-state index is -2.28. The minimum Gasteiger partial charge on any atom is -0.462 e. The van der Waals surface area contributed by atoms with E-state index in [1.807, 2.05) is 6.08 Å². The topological polar surface area (TPSA) is 71.1 Å². The molecule has 2 aliphatic carbocycles. The fourth-order valence-electron chi connectivity index (χ4n) is 5.68.